The minimum Gasteiger partial charge on any atom is -0.313 e. The van der Waals surface area contributed by atoms with Gasteiger partial charge in [-0.05, 0) is 42.3 Å². The van der Waals surface area contributed by atoms with Crippen molar-refractivity contribution < 1.29 is 13.2 Å². The molecule has 2 aromatic rings. The monoisotopic (exact) mass is 279 g/mol. The molecule has 0 fully saturated rings. The third-order valence-electron chi connectivity index (χ3n) is 3.39. The van der Waals surface area contributed by atoms with Crippen LogP contribution >= 0.6 is 0 Å². The molecule has 0 amide bonds. The summed E-state index contributed by atoms with van der Waals surface area (Å²) in [6, 6.07) is 9.61. The predicted octanol–water partition coefficient (Wildman–Crippen LogP) is 4.44. The summed E-state index contributed by atoms with van der Waals surface area (Å²) in [4.78, 5) is 0. The van der Waals surface area contributed by atoms with Crippen LogP contribution in [0, 0.1) is 17.5 Å². The van der Waals surface area contributed by atoms with Gasteiger partial charge in [-0.3, -0.25) is 0 Å². The third kappa shape index (κ3) is 2.85. The molecule has 0 saturated heterocycles. The van der Waals surface area contributed by atoms with Crippen molar-refractivity contribution in [2.75, 3.05) is 7.05 Å². The molecule has 0 aliphatic rings. The highest BCUT2D eigenvalue weighted by molar-refractivity contribution is 5.64. The van der Waals surface area contributed by atoms with Gasteiger partial charge < -0.3 is 5.32 Å². The Kier molecular flexibility index (Phi) is 4.45. The summed E-state index contributed by atoms with van der Waals surface area (Å²) < 4.78 is 39.4. The fourth-order valence-electron chi connectivity index (χ4n) is 2.24. The second-order valence-corrected chi connectivity index (χ2v) is 4.63. The van der Waals surface area contributed by atoms with Gasteiger partial charge in [-0.15, -0.1) is 0 Å². The quantitative estimate of drug-likeness (QED) is 0.816. The van der Waals surface area contributed by atoms with Gasteiger partial charge >= 0.3 is 0 Å². The van der Waals surface area contributed by atoms with Gasteiger partial charge in [-0.2, -0.15) is 0 Å². The first-order chi connectivity index (χ1) is 9.56. The van der Waals surface area contributed by atoms with E-state index in [2.05, 4.69) is 12.2 Å². The second-order valence-electron chi connectivity index (χ2n) is 4.63. The molecule has 0 aromatic heterocycles. The Labute approximate surface area is 116 Å². The molecule has 1 nitrogen and oxygen atoms in total. The van der Waals surface area contributed by atoms with Gasteiger partial charge in [0.1, 0.15) is 0 Å². The van der Waals surface area contributed by atoms with Crippen LogP contribution in [0.25, 0.3) is 11.1 Å². The minimum atomic E-state index is -1.44. The molecule has 0 heterocycles. The number of benzene rings is 2. The number of nitrogens with one attached hydrogen (secondary N) is 1. The van der Waals surface area contributed by atoms with Crippen LogP contribution in [0.15, 0.2) is 36.4 Å². The van der Waals surface area contributed by atoms with E-state index in [4.69, 9.17) is 0 Å². The summed E-state index contributed by atoms with van der Waals surface area (Å²) in [5, 5.41) is 3.18. The number of rotatable bonds is 4. The SMILES string of the molecule is CCC(NC)c1ccc(-c2cc(F)c(F)c(F)c2)cc1. The van der Waals surface area contributed by atoms with E-state index in [1.54, 1.807) is 12.1 Å². The highest BCUT2D eigenvalue weighted by atomic mass is 19.2. The van der Waals surface area contributed by atoms with Gasteiger partial charge in [0.15, 0.2) is 17.5 Å². The molecule has 4 heteroatoms. The third-order valence-corrected chi connectivity index (χ3v) is 3.39. The Morgan fingerprint density at radius 1 is 0.950 bits per heavy atom. The molecule has 0 aliphatic heterocycles. The highest BCUT2D eigenvalue weighted by Crippen LogP contribution is 2.25. The van der Waals surface area contributed by atoms with Gasteiger partial charge in [0.2, 0.25) is 0 Å². The van der Waals surface area contributed by atoms with Crippen LogP contribution in [-0.2, 0) is 0 Å². The molecule has 0 saturated carbocycles. The summed E-state index contributed by atoms with van der Waals surface area (Å²) in [5.41, 5.74) is 2.07. The summed E-state index contributed by atoms with van der Waals surface area (Å²) in [7, 11) is 1.88. The molecule has 2 aromatic carbocycles. The van der Waals surface area contributed by atoms with E-state index in [-0.39, 0.29) is 6.04 Å². The maximum absolute atomic E-state index is 13.2. The van der Waals surface area contributed by atoms with Crippen LogP contribution in [0.3, 0.4) is 0 Å². The van der Waals surface area contributed by atoms with Gasteiger partial charge in [0.05, 0.1) is 0 Å². The maximum Gasteiger partial charge on any atom is 0.194 e. The topological polar surface area (TPSA) is 12.0 Å². The van der Waals surface area contributed by atoms with E-state index < -0.39 is 17.5 Å². The van der Waals surface area contributed by atoms with Crippen molar-refractivity contribution in [2.24, 2.45) is 0 Å². The molecule has 1 N–H and O–H groups in total. The van der Waals surface area contributed by atoms with Gasteiger partial charge in [0.25, 0.3) is 0 Å². The normalized spacial score (nSPS) is 12.4. The largest absolute Gasteiger partial charge is 0.313 e. The summed E-state index contributed by atoms with van der Waals surface area (Å²) in [6.45, 7) is 2.07. The molecule has 1 atom stereocenters. The first kappa shape index (κ1) is 14.6. The van der Waals surface area contributed by atoms with Crippen molar-refractivity contribution in [3.8, 4) is 11.1 Å². The average molecular weight is 279 g/mol. The van der Waals surface area contributed by atoms with E-state index in [0.29, 0.717) is 11.1 Å². The average Bonchev–Trinajstić information content (AvgIpc) is 2.46. The lowest BCUT2D eigenvalue weighted by molar-refractivity contribution is 0.447. The molecule has 0 spiro atoms. The van der Waals surface area contributed by atoms with Crippen LogP contribution in [0.2, 0.25) is 0 Å². The highest BCUT2D eigenvalue weighted by Gasteiger charge is 2.12. The van der Waals surface area contributed by atoms with Gasteiger partial charge in [-0.25, -0.2) is 13.2 Å². The number of halogens is 3. The molecular weight excluding hydrogens is 263 g/mol. The van der Waals surface area contributed by atoms with Crippen molar-refractivity contribution in [1.82, 2.24) is 5.32 Å². The Morgan fingerprint density at radius 3 is 1.95 bits per heavy atom. The number of hydrogen-bond donors (Lipinski definition) is 1. The Hall–Kier alpha value is -1.81. The molecular formula is C16H16F3N. The van der Waals surface area contributed by atoms with Gasteiger partial charge in [0, 0.05) is 6.04 Å². The lowest BCUT2D eigenvalue weighted by Crippen LogP contribution is -2.14. The summed E-state index contributed by atoms with van der Waals surface area (Å²) in [5.74, 6) is -3.79. The zero-order valence-electron chi connectivity index (χ0n) is 11.4. The maximum atomic E-state index is 13.2. The van der Waals surface area contributed by atoms with Crippen molar-refractivity contribution >= 4 is 0 Å². The zero-order valence-corrected chi connectivity index (χ0v) is 11.4. The van der Waals surface area contributed by atoms with Crippen molar-refractivity contribution in [3.63, 3.8) is 0 Å². The molecule has 0 radical (unpaired) electrons. The van der Waals surface area contributed by atoms with Crippen LogP contribution in [0.4, 0.5) is 13.2 Å². The van der Waals surface area contributed by atoms with Crippen molar-refractivity contribution in [1.29, 1.82) is 0 Å². The Balaban J connectivity index is 2.35. The molecule has 0 aliphatic carbocycles. The van der Waals surface area contributed by atoms with E-state index in [0.717, 1.165) is 24.1 Å². The molecule has 106 valence electrons. The first-order valence-electron chi connectivity index (χ1n) is 6.49. The smallest absolute Gasteiger partial charge is 0.194 e. The number of hydrogen-bond acceptors (Lipinski definition) is 1. The van der Waals surface area contributed by atoms with E-state index in [1.807, 2.05) is 19.2 Å². The fraction of sp³-hybridized carbons (Fsp3) is 0.250. The van der Waals surface area contributed by atoms with Gasteiger partial charge in [-0.1, -0.05) is 31.2 Å². The van der Waals surface area contributed by atoms with Crippen LogP contribution in [0.1, 0.15) is 24.9 Å². The minimum absolute atomic E-state index is 0.241. The standard InChI is InChI=1S/C16H16F3N/c1-3-15(20-2)11-6-4-10(5-7-11)12-8-13(17)16(19)14(18)9-12/h4-9,15,20H,3H2,1-2H3. The van der Waals surface area contributed by atoms with Crippen LogP contribution < -0.4 is 5.32 Å². The van der Waals surface area contributed by atoms with E-state index >= 15 is 0 Å². The van der Waals surface area contributed by atoms with Crippen molar-refractivity contribution in [2.45, 2.75) is 19.4 Å². The predicted molar refractivity (Wildman–Crippen MR) is 73.8 cm³/mol. The van der Waals surface area contributed by atoms with E-state index in [9.17, 15) is 13.2 Å². The zero-order chi connectivity index (χ0) is 14.7. The molecule has 20 heavy (non-hydrogen) atoms. The van der Waals surface area contributed by atoms with Crippen LogP contribution in [-0.4, -0.2) is 7.05 Å². The molecule has 0 bridgehead atoms. The first-order valence-corrected chi connectivity index (χ1v) is 6.49. The molecule has 2 rings (SSSR count). The summed E-state index contributed by atoms with van der Waals surface area (Å²) in [6.07, 6.45) is 0.940. The Bertz CT molecular complexity index is 566. The van der Waals surface area contributed by atoms with Crippen LogP contribution in [0.5, 0.6) is 0 Å². The molecule has 1 unspecified atom stereocenters. The van der Waals surface area contributed by atoms with E-state index in [1.165, 1.54) is 0 Å². The Morgan fingerprint density at radius 2 is 1.50 bits per heavy atom. The second kappa shape index (κ2) is 6.09. The fourth-order valence-corrected chi connectivity index (χ4v) is 2.24. The lowest BCUT2D eigenvalue weighted by atomic mass is 9.99. The summed E-state index contributed by atoms with van der Waals surface area (Å²) >= 11 is 0. The lowest BCUT2D eigenvalue weighted by Gasteiger charge is -2.14. The van der Waals surface area contributed by atoms with Crippen molar-refractivity contribution in [3.05, 3.63) is 59.4 Å².